The van der Waals surface area contributed by atoms with Crippen LogP contribution in [0.3, 0.4) is 0 Å². The van der Waals surface area contributed by atoms with Crippen LogP contribution in [0.5, 0.6) is 0 Å². The van der Waals surface area contributed by atoms with E-state index in [4.69, 9.17) is 4.99 Å². The molecule has 148 valence electrons. The Hall–Kier alpha value is -1.64. The Morgan fingerprint density at radius 1 is 1.30 bits per heavy atom. The van der Waals surface area contributed by atoms with E-state index < -0.39 is 0 Å². The first kappa shape index (κ1) is 21.7. The maximum atomic E-state index is 4.85. The Morgan fingerprint density at radius 2 is 2.15 bits per heavy atom. The fourth-order valence-electron chi connectivity index (χ4n) is 3.47. The van der Waals surface area contributed by atoms with E-state index in [1.807, 2.05) is 31.0 Å². The number of hydrogen-bond acceptors (Lipinski definition) is 3. The Labute approximate surface area is 179 Å². The number of halogens is 1. The molecule has 1 aliphatic heterocycles. The van der Waals surface area contributed by atoms with Crippen LogP contribution < -0.4 is 5.32 Å². The number of pyridine rings is 1. The summed E-state index contributed by atoms with van der Waals surface area (Å²) < 4.78 is 1.88. The highest BCUT2D eigenvalue weighted by Crippen LogP contribution is 2.20. The first-order valence-electron chi connectivity index (χ1n) is 9.56. The third-order valence-corrected chi connectivity index (χ3v) is 4.84. The van der Waals surface area contributed by atoms with E-state index in [1.165, 1.54) is 17.5 Å². The van der Waals surface area contributed by atoms with E-state index in [0.29, 0.717) is 5.92 Å². The van der Waals surface area contributed by atoms with Crippen LogP contribution in [-0.2, 0) is 19.9 Å². The number of nitrogens with one attached hydrogen (secondary N) is 1. The van der Waals surface area contributed by atoms with Crippen LogP contribution in [0.25, 0.3) is 0 Å². The number of likely N-dealkylation sites (tertiary alicyclic amines) is 1. The number of hydrogen-bond donors (Lipinski definition) is 1. The molecular formula is C20H31IN6. The molecule has 6 nitrogen and oxygen atoms in total. The molecule has 0 saturated carbocycles. The van der Waals surface area contributed by atoms with E-state index in [-0.39, 0.29) is 24.0 Å². The lowest BCUT2D eigenvalue weighted by atomic mass is 10.0. The zero-order valence-electron chi connectivity index (χ0n) is 16.6. The fourth-order valence-corrected chi connectivity index (χ4v) is 3.47. The molecule has 1 saturated heterocycles. The highest BCUT2D eigenvalue weighted by molar-refractivity contribution is 14.0. The summed E-state index contributed by atoms with van der Waals surface area (Å²) in [5.74, 6) is 1.71. The van der Waals surface area contributed by atoms with Gasteiger partial charge < -0.3 is 10.2 Å². The van der Waals surface area contributed by atoms with Gasteiger partial charge in [-0.15, -0.1) is 24.0 Å². The summed E-state index contributed by atoms with van der Waals surface area (Å²) in [4.78, 5) is 11.6. The Morgan fingerprint density at radius 3 is 2.81 bits per heavy atom. The molecular weight excluding hydrogens is 451 g/mol. The summed E-state index contributed by atoms with van der Waals surface area (Å²) in [6, 6.07) is 4.21. The van der Waals surface area contributed by atoms with Gasteiger partial charge in [-0.3, -0.25) is 14.7 Å². The average molecular weight is 482 g/mol. The smallest absolute Gasteiger partial charge is 0.193 e. The largest absolute Gasteiger partial charge is 0.357 e. The average Bonchev–Trinajstić information content (AvgIpc) is 3.25. The molecule has 0 amide bonds. The topological polar surface area (TPSA) is 58.3 Å². The van der Waals surface area contributed by atoms with Crippen molar-refractivity contribution in [2.45, 2.75) is 33.1 Å². The predicted molar refractivity (Wildman–Crippen MR) is 121 cm³/mol. The van der Waals surface area contributed by atoms with Gasteiger partial charge in [-0.25, -0.2) is 0 Å². The maximum absolute atomic E-state index is 4.85. The zero-order valence-corrected chi connectivity index (χ0v) is 18.9. The van der Waals surface area contributed by atoms with Crippen molar-refractivity contribution >= 4 is 29.9 Å². The third-order valence-electron chi connectivity index (χ3n) is 4.84. The van der Waals surface area contributed by atoms with Gasteiger partial charge in [0.2, 0.25) is 0 Å². The second kappa shape index (κ2) is 10.6. The van der Waals surface area contributed by atoms with Crippen LogP contribution in [0.4, 0.5) is 0 Å². The summed E-state index contributed by atoms with van der Waals surface area (Å²) in [6.45, 7) is 7.96. The van der Waals surface area contributed by atoms with Gasteiger partial charge in [-0.2, -0.15) is 5.10 Å². The molecule has 0 bridgehead atoms. The number of aromatic nitrogens is 3. The fraction of sp³-hybridized carbons (Fsp3) is 0.550. The van der Waals surface area contributed by atoms with Crippen molar-refractivity contribution in [2.75, 3.05) is 26.2 Å². The molecule has 2 aromatic rings. The van der Waals surface area contributed by atoms with Crippen LogP contribution in [0.1, 0.15) is 30.2 Å². The van der Waals surface area contributed by atoms with E-state index in [2.05, 4.69) is 45.6 Å². The minimum absolute atomic E-state index is 0. The molecule has 7 heteroatoms. The van der Waals surface area contributed by atoms with Crippen molar-refractivity contribution in [1.82, 2.24) is 25.0 Å². The van der Waals surface area contributed by atoms with E-state index in [9.17, 15) is 0 Å². The Balaban J connectivity index is 0.00000261. The molecule has 1 unspecified atom stereocenters. The molecule has 1 fully saturated rings. The normalized spacial score (nSPS) is 17.1. The highest BCUT2D eigenvalue weighted by Gasteiger charge is 2.25. The Kier molecular flexibility index (Phi) is 8.53. The van der Waals surface area contributed by atoms with Crippen molar-refractivity contribution < 1.29 is 0 Å². The minimum Gasteiger partial charge on any atom is -0.357 e. The van der Waals surface area contributed by atoms with Crippen molar-refractivity contribution in [3.05, 3.63) is 47.5 Å². The van der Waals surface area contributed by atoms with Gasteiger partial charge in [-0.05, 0) is 56.2 Å². The van der Waals surface area contributed by atoms with Crippen molar-refractivity contribution in [1.29, 1.82) is 0 Å². The zero-order chi connectivity index (χ0) is 18.4. The summed E-state index contributed by atoms with van der Waals surface area (Å²) >= 11 is 0. The molecule has 3 rings (SSSR count). The molecule has 0 radical (unpaired) electrons. The van der Waals surface area contributed by atoms with Crippen LogP contribution >= 0.6 is 24.0 Å². The lowest BCUT2D eigenvalue weighted by Gasteiger charge is -2.21. The number of rotatable bonds is 6. The molecule has 1 aliphatic rings. The lowest BCUT2D eigenvalue weighted by molar-refractivity contribution is 0.460. The number of guanidine groups is 1. The monoisotopic (exact) mass is 482 g/mol. The molecule has 3 heterocycles. The van der Waals surface area contributed by atoms with Gasteiger partial charge in [0, 0.05) is 51.3 Å². The molecule has 0 aromatic carbocycles. The van der Waals surface area contributed by atoms with Gasteiger partial charge in [0.25, 0.3) is 0 Å². The van der Waals surface area contributed by atoms with Crippen molar-refractivity contribution in [2.24, 2.45) is 18.0 Å². The summed E-state index contributed by atoms with van der Waals surface area (Å²) in [6.07, 6.45) is 9.29. The predicted octanol–water partition coefficient (Wildman–Crippen LogP) is 2.81. The maximum Gasteiger partial charge on any atom is 0.193 e. The summed E-state index contributed by atoms with van der Waals surface area (Å²) in [7, 11) is 1.98. The summed E-state index contributed by atoms with van der Waals surface area (Å²) in [5, 5.41) is 7.73. The van der Waals surface area contributed by atoms with Gasteiger partial charge in [0.15, 0.2) is 5.96 Å². The third kappa shape index (κ3) is 6.48. The number of aryl methyl sites for hydroxylation is 2. The SMILES string of the molecule is CCNC(=NCCc1ccc(C)nc1)N1CCC(Cc2cnn(C)c2)C1.I. The van der Waals surface area contributed by atoms with Gasteiger partial charge in [0.1, 0.15) is 0 Å². The molecule has 2 aromatic heterocycles. The van der Waals surface area contributed by atoms with E-state index in [0.717, 1.165) is 50.7 Å². The second-order valence-corrected chi connectivity index (χ2v) is 7.12. The minimum atomic E-state index is 0. The molecule has 27 heavy (non-hydrogen) atoms. The van der Waals surface area contributed by atoms with Gasteiger partial charge in [0.05, 0.1) is 6.20 Å². The molecule has 1 atom stereocenters. The van der Waals surface area contributed by atoms with Crippen LogP contribution in [0.2, 0.25) is 0 Å². The highest BCUT2D eigenvalue weighted by atomic mass is 127. The molecule has 0 aliphatic carbocycles. The summed E-state index contributed by atoms with van der Waals surface area (Å²) in [5.41, 5.74) is 3.63. The first-order valence-corrected chi connectivity index (χ1v) is 9.56. The Bertz CT molecular complexity index is 724. The first-order chi connectivity index (χ1) is 12.6. The van der Waals surface area contributed by atoms with Crippen molar-refractivity contribution in [3.63, 3.8) is 0 Å². The molecule has 0 spiro atoms. The van der Waals surface area contributed by atoms with E-state index in [1.54, 1.807) is 0 Å². The van der Waals surface area contributed by atoms with Gasteiger partial charge in [-0.1, -0.05) is 6.07 Å². The standard InChI is InChI=1S/C20H30N6.HI/c1-4-21-20(22-9-7-17-6-5-16(2)23-12-17)26-10-8-18(15-26)11-19-13-24-25(3)14-19;/h5-6,12-14,18H,4,7-11,15H2,1-3H3,(H,21,22);1H. The van der Waals surface area contributed by atoms with Crippen LogP contribution in [0.15, 0.2) is 35.7 Å². The number of aliphatic imine (C=N–C) groups is 1. The van der Waals surface area contributed by atoms with E-state index >= 15 is 0 Å². The van der Waals surface area contributed by atoms with Crippen molar-refractivity contribution in [3.8, 4) is 0 Å². The quantitative estimate of drug-likeness (QED) is 0.391. The lowest BCUT2D eigenvalue weighted by Crippen LogP contribution is -2.40. The molecule has 1 N–H and O–H groups in total. The van der Waals surface area contributed by atoms with Crippen LogP contribution in [-0.4, -0.2) is 51.8 Å². The number of nitrogens with zero attached hydrogens (tertiary/aromatic N) is 5. The second-order valence-electron chi connectivity index (χ2n) is 7.12. The van der Waals surface area contributed by atoms with Gasteiger partial charge >= 0.3 is 0 Å². The van der Waals surface area contributed by atoms with Crippen LogP contribution in [0, 0.1) is 12.8 Å².